The number of nitrogens with zero attached hydrogens (tertiary/aromatic N) is 2. The average Bonchev–Trinajstić information content (AvgIpc) is 3.28. The van der Waals surface area contributed by atoms with E-state index in [2.05, 4.69) is 0 Å². The Labute approximate surface area is 267 Å². The Morgan fingerprint density at radius 1 is 0.886 bits per heavy atom. The summed E-state index contributed by atoms with van der Waals surface area (Å²) in [5.41, 5.74) is 0.411. The van der Waals surface area contributed by atoms with Crippen LogP contribution in [-0.4, -0.2) is 76.5 Å². The lowest BCUT2D eigenvalue weighted by atomic mass is 9.99. The molecule has 0 aliphatic carbocycles. The summed E-state index contributed by atoms with van der Waals surface area (Å²) in [6.45, 7) is 4.93. The van der Waals surface area contributed by atoms with Gasteiger partial charge in [-0.25, -0.2) is 4.98 Å². The highest BCUT2D eigenvalue weighted by atomic mass is 35.5. The van der Waals surface area contributed by atoms with Crippen LogP contribution in [0.15, 0.2) is 47.6 Å². The normalized spacial score (nSPS) is 21.4. The standard InChI is InChI=1S/C29H30Cl2N2O10S/c1-15(34)39-14-24-25(40-16(2)35)26(41-17(3)36)27(42-18(4)37)28(43-24)44-29-32-21-7-5-6-8-22(21)33(29)11-12-38-23-10-9-19(30)13-20(23)31/h5-10,13,24-28H,11-12,14H2,1-4H3. The fourth-order valence-corrected chi connectivity index (χ4v) is 6.27. The summed E-state index contributed by atoms with van der Waals surface area (Å²) in [6, 6.07) is 12.3. The van der Waals surface area contributed by atoms with Gasteiger partial charge in [0.05, 0.1) is 22.6 Å². The molecule has 1 aromatic heterocycles. The molecule has 0 radical (unpaired) electrons. The van der Waals surface area contributed by atoms with Crippen molar-refractivity contribution in [1.82, 2.24) is 9.55 Å². The van der Waals surface area contributed by atoms with Crippen molar-refractivity contribution in [2.24, 2.45) is 0 Å². The Balaban J connectivity index is 1.69. The fourth-order valence-electron chi connectivity index (χ4n) is 4.59. The summed E-state index contributed by atoms with van der Waals surface area (Å²) >= 11 is 13.4. The Morgan fingerprint density at radius 3 is 2.20 bits per heavy atom. The van der Waals surface area contributed by atoms with Crippen LogP contribution in [0.25, 0.3) is 11.0 Å². The highest BCUT2D eigenvalue weighted by molar-refractivity contribution is 7.99. The zero-order valence-corrected chi connectivity index (χ0v) is 26.5. The molecule has 15 heteroatoms. The lowest BCUT2D eigenvalue weighted by Gasteiger charge is -2.44. The third kappa shape index (κ3) is 8.56. The van der Waals surface area contributed by atoms with Crippen LogP contribution in [0.5, 0.6) is 5.75 Å². The number of thioether (sulfide) groups is 1. The predicted octanol–water partition coefficient (Wildman–Crippen LogP) is 4.60. The minimum atomic E-state index is -1.29. The molecule has 5 atom stereocenters. The number of rotatable bonds is 11. The van der Waals surface area contributed by atoms with Crippen molar-refractivity contribution in [2.75, 3.05) is 13.2 Å². The number of para-hydroxylation sites is 2. The smallest absolute Gasteiger partial charge is 0.303 e. The van der Waals surface area contributed by atoms with Gasteiger partial charge in [-0.3, -0.25) is 19.2 Å². The van der Waals surface area contributed by atoms with E-state index in [0.717, 1.165) is 24.2 Å². The van der Waals surface area contributed by atoms with Gasteiger partial charge in [-0.05, 0) is 30.3 Å². The average molecular weight is 670 g/mol. The number of esters is 4. The first-order valence-electron chi connectivity index (χ1n) is 13.4. The molecular weight excluding hydrogens is 639 g/mol. The highest BCUT2D eigenvalue weighted by Gasteiger charge is 2.52. The van der Waals surface area contributed by atoms with E-state index >= 15 is 0 Å². The SMILES string of the molecule is CC(=O)OCC1OC(Sc2nc3ccccc3n2CCOc2ccc(Cl)cc2Cl)C(OC(C)=O)C(OC(C)=O)C1OC(C)=O. The summed E-state index contributed by atoms with van der Waals surface area (Å²) in [4.78, 5) is 52.9. The molecule has 1 saturated heterocycles. The summed E-state index contributed by atoms with van der Waals surface area (Å²) in [7, 11) is 0. The number of fused-ring (bicyclic) bond motifs is 1. The van der Waals surface area contributed by atoms with E-state index in [1.165, 1.54) is 20.8 Å². The van der Waals surface area contributed by atoms with Crippen molar-refractivity contribution < 1.29 is 47.6 Å². The lowest BCUT2D eigenvalue weighted by Crippen LogP contribution is -2.61. The number of benzene rings is 2. The van der Waals surface area contributed by atoms with E-state index in [4.69, 9.17) is 56.6 Å². The molecule has 0 spiro atoms. The molecule has 1 fully saturated rings. The lowest BCUT2D eigenvalue weighted by molar-refractivity contribution is -0.237. The monoisotopic (exact) mass is 668 g/mol. The van der Waals surface area contributed by atoms with Crippen molar-refractivity contribution in [2.45, 2.75) is 69.2 Å². The van der Waals surface area contributed by atoms with E-state index in [9.17, 15) is 19.2 Å². The molecule has 1 aliphatic heterocycles. The number of aromatic nitrogens is 2. The van der Waals surface area contributed by atoms with Crippen LogP contribution in [0.4, 0.5) is 0 Å². The van der Waals surface area contributed by atoms with Crippen molar-refractivity contribution >= 4 is 69.9 Å². The van der Waals surface area contributed by atoms with Crippen LogP contribution in [0.3, 0.4) is 0 Å². The fraction of sp³-hybridized carbons (Fsp3) is 0.414. The van der Waals surface area contributed by atoms with Crippen LogP contribution >= 0.6 is 35.0 Å². The third-order valence-electron chi connectivity index (χ3n) is 6.26. The van der Waals surface area contributed by atoms with Crippen LogP contribution in [0.2, 0.25) is 10.0 Å². The Bertz CT molecular complexity index is 1530. The van der Waals surface area contributed by atoms with Gasteiger partial charge in [0.1, 0.15) is 25.1 Å². The number of hydrogen-bond donors (Lipinski definition) is 0. The maximum atomic E-state index is 12.2. The van der Waals surface area contributed by atoms with Gasteiger partial charge in [-0.1, -0.05) is 47.1 Å². The molecule has 0 saturated carbocycles. The minimum absolute atomic E-state index is 0.202. The Hall–Kier alpha value is -3.52. The molecule has 1 aliphatic rings. The first kappa shape index (κ1) is 33.4. The van der Waals surface area contributed by atoms with Crippen molar-refractivity contribution in [3.05, 3.63) is 52.5 Å². The maximum absolute atomic E-state index is 12.2. The van der Waals surface area contributed by atoms with Gasteiger partial charge in [0.25, 0.3) is 0 Å². The molecule has 0 bridgehead atoms. The van der Waals surface area contributed by atoms with E-state index in [0.29, 0.717) is 33.0 Å². The summed E-state index contributed by atoms with van der Waals surface area (Å²) in [6.07, 6.45) is -4.87. The minimum Gasteiger partial charge on any atom is -0.490 e. The molecule has 0 N–H and O–H groups in total. The molecule has 5 unspecified atom stereocenters. The van der Waals surface area contributed by atoms with E-state index in [-0.39, 0.29) is 13.2 Å². The van der Waals surface area contributed by atoms with E-state index in [1.807, 2.05) is 28.8 Å². The maximum Gasteiger partial charge on any atom is 0.303 e. The summed E-state index contributed by atoms with van der Waals surface area (Å²) in [5.74, 6) is -2.27. The largest absolute Gasteiger partial charge is 0.490 e. The van der Waals surface area contributed by atoms with Crippen LogP contribution < -0.4 is 4.74 Å². The van der Waals surface area contributed by atoms with Crippen molar-refractivity contribution in [3.63, 3.8) is 0 Å². The van der Waals surface area contributed by atoms with Crippen LogP contribution in [0, 0.1) is 0 Å². The van der Waals surface area contributed by atoms with Gasteiger partial charge < -0.3 is 33.0 Å². The Morgan fingerprint density at radius 2 is 1.55 bits per heavy atom. The summed E-state index contributed by atoms with van der Waals surface area (Å²) < 4.78 is 35.8. The van der Waals surface area contributed by atoms with Gasteiger partial charge in [-0.15, -0.1) is 0 Å². The number of halogens is 2. The third-order valence-corrected chi connectivity index (χ3v) is 7.92. The van der Waals surface area contributed by atoms with Crippen LogP contribution in [-0.2, 0) is 49.4 Å². The van der Waals surface area contributed by atoms with Gasteiger partial charge in [0.15, 0.2) is 28.9 Å². The second-order valence-electron chi connectivity index (χ2n) is 9.64. The van der Waals surface area contributed by atoms with Crippen LogP contribution in [0.1, 0.15) is 27.7 Å². The van der Waals surface area contributed by atoms with Gasteiger partial charge in [-0.2, -0.15) is 0 Å². The summed E-state index contributed by atoms with van der Waals surface area (Å²) in [5, 5.41) is 1.30. The second-order valence-corrected chi connectivity index (χ2v) is 11.6. The molecule has 236 valence electrons. The quantitative estimate of drug-likeness (QED) is 0.208. The molecule has 12 nitrogen and oxygen atoms in total. The first-order chi connectivity index (χ1) is 20.9. The number of ether oxygens (including phenoxy) is 6. The molecule has 4 rings (SSSR count). The van der Waals surface area contributed by atoms with Gasteiger partial charge in [0.2, 0.25) is 0 Å². The molecule has 2 aromatic carbocycles. The zero-order chi connectivity index (χ0) is 32.0. The predicted molar refractivity (Wildman–Crippen MR) is 160 cm³/mol. The number of carbonyl (C=O) groups excluding carboxylic acids is 4. The molecule has 2 heterocycles. The molecule has 0 amide bonds. The number of hydrogen-bond acceptors (Lipinski definition) is 12. The first-order valence-corrected chi connectivity index (χ1v) is 15.1. The van der Waals surface area contributed by atoms with E-state index in [1.54, 1.807) is 18.2 Å². The molecular formula is C29H30Cl2N2O10S. The molecule has 44 heavy (non-hydrogen) atoms. The second kappa shape index (κ2) is 15.0. The number of carbonyl (C=O) groups is 4. The van der Waals surface area contributed by atoms with Gasteiger partial charge in [0, 0.05) is 32.7 Å². The molecule has 3 aromatic rings. The Kier molecular flexibility index (Phi) is 11.4. The topological polar surface area (TPSA) is 141 Å². The van der Waals surface area contributed by atoms with Gasteiger partial charge >= 0.3 is 23.9 Å². The van der Waals surface area contributed by atoms with Crippen molar-refractivity contribution in [3.8, 4) is 5.75 Å². The van der Waals surface area contributed by atoms with E-state index < -0.39 is 53.7 Å². The highest BCUT2D eigenvalue weighted by Crippen LogP contribution is 2.38. The number of imidazole rings is 1. The van der Waals surface area contributed by atoms with Crippen molar-refractivity contribution in [1.29, 1.82) is 0 Å². The zero-order valence-electron chi connectivity index (χ0n) is 24.2.